The van der Waals surface area contributed by atoms with Gasteiger partial charge in [-0.05, 0) is 19.9 Å². The van der Waals surface area contributed by atoms with Crippen molar-refractivity contribution in [2.24, 2.45) is 0 Å². The second-order valence-corrected chi connectivity index (χ2v) is 4.28. The Labute approximate surface area is 114 Å². The second kappa shape index (κ2) is 4.88. The number of carbonyl (C=O) groups is 2. The monoisotopic (exact) mass is 278 g/mol. The molecule has 0 unspecified atom stereocenters. The maximum atomic E-state index is 11.7. The third kappa shape index (κ3) is 1.89. The molecule has 1 aromatic heterocycles. The lowest BCUT2D eigenvalue weighted by Gasteiger charge is -2.07. The van der Waals surface area contributed by atoms with Crippen LogP contribution in [0.1, 0.15) is 33.4 Å². The largest absolute Gasteiger partial charge is 0.504 e. The number of phenols is 1. The molecule has 0 amide bonds. The van der Waals surface area contributed by atoms with Crippen molar-refractivity contribution in [3.63, 3.8) is 0 Å². The fraction of sp³-hybridized carbons (Fsp3) is 0.286. The number of aryl methyl sites for hydroxylation is 1. The first-order valence-electron chi connectivity index (χ1n) is 5.84. The maximum Gasteiger partial charge on any atom is 0.374 e. The van der Waals surface area contributed by atoms with Gasteiger partial charge >= 0.3 is 5.97 Å². The lowest BCUT2D eigenvalue weighted by Crippen LogP contribution is -2.00. The van der Waals surface area contributed by atoms with Gasteiger partial charge in [0.05, 0.1) is 14.2 Å². The molecule has 1 N–H and O–H groups in total. The molecule has 0 radical (unpaired) electrons. The topological polar surface area (TPSA) is 86.0 Å². The molecule has 0 saturated carbocycles. The van der Waals surface area contributed by atoms with Crippen LogP contribution < -0.4 is 4.74 Å². The summed E-state index contributed by atoms with van der Waals surface area (Å²) in [6, 6.07) is 1.52. The van der Waals surface area contributed by atoms with Crippen molar-refractivity contribution in [3.8, 4) is 11.5 Å². The Hall–Kier alpha value is -2.50. The Bertz CT molecular complexity index is 710. The highest BCUT2D eigenvalue weighted by Gasteiger charge is 2.25. The molecule has 0 bridgehead atoms. The van der Waals surface area contributed by atoms with Gasteiger partial charge in [-0.1, -0.05) is 0 Å². The van der Waals surface area contributed by atoms with E-state index >= 15 is 0 Å². The number of methoxy groups -OCH3 is 2. The van der Waals surface area contributed by atoms with Crippen molar-refractivity contribution in [3.05, 3.63) is 23.0 Å². The van der Waals surface area contributed by atoms with Crippen molar-refractivity contribution in [2.45, 2.75) is 13.8 Å². The van der Waals surface area contributed by atoms with E-state index in [1.165, 1.54) is 27.2 Å². The molecular weight excluding hydrogens is 264 g/mol. The van der Waals surface area contributed by atoms with E-state index in [1.807, 2.05) is 0 Å². The van der Waals surface area contributed by atoms with Crippen LogP contribution in [0.3, 0.4) is 0 Å². The van der Waals surface area contributed by atoms with Gasteiger partial charge in [0.1, 0.15) is 11.1 Å². The standard InChI is InChI=1S/C14H14O6/c1-6-8-5-9(18-3)11(16)10(7(2)15)13(8)20-12(6)14(17)19-4/h5,16H,1-4H3. The summed E-state index contributed by atoms with van der Waals surface area (Å²) < 4.78 is 15.1. The quantitative estimate of drug-likeness (QED) is 0.685. The highest BCUT2D eigenvalue weighted by Crippen LogP contribution is 2.40. The van der Waals surface area contributed by atoms with Gasteiger partial charge in [0.2, 0.25) is 5.76 Å². The van der Waals surface area contributed by atoms with Gasteiger partial charge in [0.15, 0.2) is 17.3 Å². The summed E-state index contributed by atoms with van der Waals surface area (Å²) in [5.74, 6) is -1.21. The van der Waals surface area contributed by atoms with Crippen LogP contribution in [0, 0.1) is 6.92 Å². The summed E-state index contributed by atoms with van der Waals surface area (Å²) in [5, 5.41) is 10.5. The fourth-order valence-corrected chi connectivity index (χ4v) is 2.09. The van der Waals surface area contributed by atoms with Crippen LogP contribution in [0.15, 0.2) is 10.5 Å². The molecule has 1 heterocycles. The number of hydrogen-bond acceptors (Lipinski definition) is 6. The van der Waals surface area contributed by atoms with Gasteiger partial charge in [-0.15, -0.1) is 0 Å². The number of ether oxygens (including phenoxy) is 2. The number of phenolic OH excluding ortho intramolecular Hbond substituents is 1. The van der Waals surface area contributed by atoms with E-state index in [0.717, 1.165) is 0 Å². The van der Waals surface area contributed by atoms with E-state index in [-0.39, 0.29) is 28.4 Å². The van der Waals surface area contributed by atoms with Gasteiger partial charge in [-0.25, -0.2) is 4.79 Å². The molecule has 0 aliphatic rings. The first-order valence-corrected chi connectivity index (χ1v) is 5.84. The van der Waals surface area contributed by atoms with E-state index in [9.17, 15) is 14.7 Å². The second-order valence-electron chi connectivity index (χ2n) is 4.28. The predicted molar refractivity (Wildman–Crippen MR) is 70.5 cm³/mol. The average Bonchev–Trinajstić information content (AvgIpc) is 2.73. The Morgan fingerprint density at radius 3 is 2.45 bits per heavy atom. The number of hydrogen-bond donors (Lipinski definition) is 1. The number of esters is 1. The van der Waals surface area contributed by atoms with Crippen LogP contribution in [0.4, 0.5) is 0 Å². The average molecular weight is 278 g/mol. The molecule has 106 valence electrons. The van der Waals surface area contributed by atoms with Gasteiger partial charge in [0, 0.05) is 10.9 Å². The molecule has 2 rings (SSSR count). The van der Waals surface area contributed by atoms with Crippen molar-refractivity contribution in [1.29, 1.82) is 0 Å². The summed E-state index contributed by atoms with van der Waals surface area (Å²) >= 11 is 0. The van der Waals surface area contributed by atoms with Crippen molar-refractivity contribution < 1.29 is 28.6 Å². The molecule has 0 fully saturated rings. The van der Waals surface area contributed by atoms with Crippen LogP contribution in [0.2, 0.25) is 0 Å². The van der Waals surface area contributed by atoms with Crippen molar-refractivity contribution in [2.75, 3.05) is 14.2 Å². The highest BCUT2D eigenvalue weighted by atomic mass is 16.5. The Morgan fingerprint density at radius 2 is 1.95 bits per heavy atom. The lowest BCUT2D eigenvalue weighted by molar-refractivity contribution is 0.0566. The molecule has 0 aliphatic heterocycles. The van der Waals surface area contributed by atoms with Gasteiger partial charge in [0.25, 0.3) is 0 Å². The third-order valence-electron chi connectivity index (χ3n) is 3.11. The minimum atomic E-state index is -0.647. The number of aromatic hydroxyl groups is 1. The van der Waals surface area contributed by atoms with Crippen molar-refractivity contribution >= 4 is 22.7 Å². The highest BCUT2D eigenvalue weighted by molar-refractivity contribution is 6.10. The van der Waals surface area contributed by atoms with E-state index in [4.69, 9.17) is 9.15 Å². The smallest absolute Gasteiger partial charge is 0.374 e. The molecule has 20 heavy (non-hydrogen) atoms. The summed E-state index contributed by atoms with van der Waals surface area (Å²) in [7, 11) is 2.61. The fourth-order valence-electron chi connectivity index (χ4n) is 2.09. The molecule has 0 aliphatic carbocycles. The first-order chi connectivity index (χ1) is 9.42. The number of carbonyl (C=O) groups excluding carboxylic acids is 2. The van der Waals surface area contributed by atoms with Crippen LogP contribution in [-0.2, 0) is 4.74 Å². The lowest BCUT2D eigenvalue weighted by atomic mass is 10.0. The molecule has 0 saturated heterocycles. The molecular formula is C14H14O6. The Kier molecular flexibility index (Phi) is 3.40. The zero-order chi connectivity index (χ0) is 15.0. The first kappa shape index (κ1) is 13.9. The summed E-state index contributed by atoms with van der Waals surface area (Å²) in [6.45, 7) is 2.96. The molecule has 0 spiro atoms. The van der Waals surface area contributed by atoms with Gasteiger partial charge in [-0.2, -0.15) is 0 Å². The molecule has 6 nitrogen and oxygen atoms in total. The molecule has 1 aromatic carbocycles. The maximum absolute atomic E-state index is 11.7. The van der Waals surface area contributed by atoms with E-state index in [0.29, 0.717) is 10.9 Å². The van der Waals surface area contributed by atoms with Crippen LogP contribution in [0.5, 0.6) is 11.5 Å². The third-order valence-corrected chi connectivity index (χ3v) is 3.11. The Morgan fingerprint density at radius 1 is 1.30 bits per heavy atom. The predicted octanol–water partition coefficient (Wildman–Crippen LogP) is 2.44. The van der Waals surface area contributed by atoms with E-state index in [2.05, 4.69) is 4.74 Å². The Balaban J connectivity index is 2.90. The number of furan rings is 1. The number of rotatable bonds is 3. The van der Waals surface area contributed by atoms with Crippen LogP contribution in [-0.4, -0.2) is 31.1 Å². The van der Waals surface area contributed by atoms with Crippen LogP contribution >= 0.6 is 0 Å². The van der Waals surface area contributed by atoms with E-state index < -0.39 is 11.8 Å². The summed E-state index contributed by atoms with van der Waals surface area (Å²) in [6.07, 6.45) is 0. The molecule has 2 aromatic rings. The SMILES string of the molecule is COC(=O)c1oc2c(C(C)=O)c(O)c(OC)cc2c1C. The van der Waals surface area contributed by atoms with Gasteiger partial charge < -0.3 is 19.0 Å². The zero-order valence-electron chi connectivity index (χ0n) is 11.6. The summed E-state index contributed by atoms with van der Waals surface area (Å²) in [4.78, 5) is 23.3. The molecule has 0 atom stereocenters. The normalized spacial score (nSPS) is 10.6. The van der Waals surface area contributed by atoms with E-state index in [1.54, 1.807) is 6.92 Å². The minimum absolute atomic E-state index is 0.00217. The number of benzene rings is 1. The number of ketones is 1. The number of fused-ring (bicyclic) bond motifs is 1. The van der Waals surface area contributed by atoms with Crippen molar-refractivity contribution in [1.82, 2.24) is 0 Å². The minimum Gasteiger partial charge on any atom is -0.504 e. The number of Topliss-reactive ketones (excluding diaryl/α,β-unsaturated/α-hetero) is 1. The summed E-state index contributed by atoms with van der Waals surface area (Å²) in [5.41, 5.74) is 0.652. The zero-order valence-corrected chi connectivity index (χ0v) is 11.6. The molecule has 6 heteroatoms. The van der Waals surface area contributed by atoms with Gasteiger partial charge in [-0.3, -0.25) is 4.79 Å². The van der Waals surface area contributed by atoms with Crippen LogP contribution in [0.25, 0.3) is 11.0 Å².